The van der Waals surface area contributed by atoms with Crippen molar-refractivity contribution in [2.75, 3.05) is 38.2 Å². The SMILES string of the molecule is O=C(COC(=O)c1ccc(Cl)c(S(=O)(=O)N2CCOCC2)c1)Nc1nc2c(F)c(F)c(F)cc2s1. The highest BCUT2D eigenvalue weighted by molar-refractivity contribution is 7.89. The third-order valence-electron chi connectivity index (χ3n) is 4.86. The van der Waals surface area contributed by atoms with Gasteiger partial charge in [-0.3, -0.25) is 10.1 Å². The predicted octanol–water partition coefficient (Wildman–Crippen LogP) is 3.18. The Labute approximate surface area is 205 Å². The van der Waals surface area contributed by atoms with Crippen LogP contribution in [0, 0.1) is 17.5 Å². The molecule has 0 aliphatic carbocycles. The number of nitrogens with one attached hydrogen (secondary N) is 1. The minimum atomic E-state index is -4.00. The maximum absolute atomic E-state index is 13.8. The standard InChI is InChI=1S/C20H15ClF3N3O6S2/c21-11-2-1-10(7-14(11)35(30,31)27-3-5-32-6-4-27)19(29)33-9-15(28)25-20-26-18-13(34-20)8-12(22)16(23)17(18)24/h1-2,7-8H,3-6,9H2,(H,25,26,28). The number of morpholine rings is 1. The fourth-order valence-electron chi connectivity index (χ4n) is 3.15. The van der Waals surface area contributed by atoms with E-state index in [2.05, 4.69) is 10.3 Å². The molecule has 0 spiro atoms. The summed E-state index contributed by atoms with van der Waals surface area (Å²) in [5.74, 6) is -6.45. The zero-order chi connectivity index (χ0) is 25.3. The second-order valence-corrected chi connectivity index (χ2v) is 10.5. The van der Waals surface area contributed by atoms with E-state index in [-0.39, 0.29) is 51.6 Å². The third-order valence-corrected chi connectivity index (χ3v) is 8.15. The molecule has 1 aromatic heterocycles. The summed E-state index contributed by atoms with van der Waals surface area (Å²) < 4.78 is 77.5. The molecule has 3 aromatic rings. The first kappa shape index (κ1) is 25.3. The smallest absolute Gasteiger partial charge is 0.338 e. The van der Waals surface area contributed by atoms with Crippen LogP contribution in [0.25, 0.3) is 10.2 Å². The van der Waals surface area contributed by atoms with Crippen molar-refractivity contribution in [2.24, 2.45) is 0 Å². The van der Waals surface area contributed by atoms with Crippen molar-refractivity contribution in [2.45, 2.75) is 4.90 Å². The van der Waals surface area contributed by atoms with Crippen molar-refractivity contribution in [3.8, 4) is 0 Å². The molecule has 1 saturated heterocycles. The molecule has 2 heterocycles. The summed E-state index contributed by atoms with van der Waals surface area (Å²) in [6.45, 7) is -0.100. The number of halogens is 4. The van der Waals surface area contributed by atoms with Crippen LogP contribution >= 0.6 is 22.9 Å². The quantitative estimate of drug-likeness (QED) is 0.371. The number of carbonyl (C=O) groups is 2. The Morgan fingerprint density at radius 2 is 1.89 bits per heavy atom. The molecule has 186 valence electrons. The number of aromatic nitrogens is 1. The Morgan fingerprint density at radius 3 is 2.60 bits per heavy atom. The molecular formula is C20H15ClF3N3O6S2. The molecule has 9 nitrogen and oxygen atoms in total. The maximum atomic E-state index is 13.8. The lowest BCUT2D eigenvalue weighted by atomic mass is 10.2. The Hall–Kier alpha value is -2.78. The molecule has 1 aliphatic heterocycles. The number of anilines is 1. The molecule has 4 rings (SSSR count). The van der Waals surface area contributed by atoms with Crippen molar-refractivity contribution in [1.29, 1.82) is 0 Å². The molecule has 1 fully saturated rings. The molecule has 1 amide bonds. The van der Waals surface area contributed by atoms with Gasteiger partial charge in [0, 0.05) is 13.1 Å². The number of carbonyl (C=O) groups excluding carboxylic acids is 2. The number of ether oxygens (including phenoxy) is 2. The van der Waals surface area contributed by atoms with E-state index in [1.807, 2.05) is 0 Å². The highest BCUT2D eigenvalue weighted by Crippen LogP contribution is 2.30. The van der Waals surface area contributed by atoms with Crippen molar-refractivity contribution < 1.29 is 40.7 Å². The van der Waals surface area contributed by atoms with Crippen LogP contribution in [-0.4, -0.2) is 62.5 Å². The zero-order valence-electron chi connectivity index (χ0n) is 17.5. The lowest BCUT2D eigenvalue weighted by Crippen LogP contribution is -2.40. The largest absolute Gasteiger partial charge is 0.452 e. The molecule has 0 saturated carbocycles. The van der Waals surface area contributed by atoms with Gasteiger partial charge in [-0.2, -0.15) is 4.31 Å². The number of sulfonamides is 1. The number of fused-ring (bicyclic) bond motifs is 1. The van der Waals surface area contributed by atoms with Gasteiger partial charge in [-0.25, -0.2) is 31.4 Å². The van der Waals surface area contributed by atoms with Gasteiger partial charge < -0.3 is 9.47 Å². The highest BCUT2D eigenvalue weighted by Gasteiger charge is 2.29. The van der Waals surface area contributed by atoms with E-state index in [0.717, 1.165) is 12.1 Å². The van der Waals surface area contributed by atoms with E-state index in [1.165, 1.54) is 16.4 Å². The maximum Gasteiger partial charge on any atom is 0.338 e. The summed E-state index contributed by atoms with van der Waals surface area (Å²) in [6.07, 6.45) is 0. The minimum Gasteiger partial charge on any atom is -0.452 e. The second kappa shape index (κ2) is 10.1. The molecule has 0 atom stereocenters. The number of nitrogens with zero attached hydrogens (tertiary/aromatic N) is 2. The first-order chi connectivity index (χ1) is 16.6. The Bertz CT molecular complexity index is 1430. The van der Waals surface area contributed by atoms with Crippen LogP contribution in [0.4, 0.5) is 18.3 Å². The van der Waals surface area contributed by atoms with E-state index in [4.69, 9.17) is 21.1 Å². The Morgan fingerprint density at radius 1 is 1.17 bits per heavy atom. The highest BCUT2D eigenvalue weighted by atomic mass is 35.5. The molecule has 0 unspecified atom stereocenters. The van der Waals surface area contributed by atoms with Crippen LogP contribution in [0.1, 0.15) is 10.4 Å². The molecule has 0 radical (unpaired) electrons. The number of thiazole rings is 1. The number of benzene rings is 2. The van der Waals surface area contributed by atoms with Crippen LogP contribution in [0.15, 0.2) is 29.2 Å². The summed E-state index contributed by atoms with van der Waals surface area (Å²) in [5.41, 5.74) is -0.626. The number of rotatable bonds is 6. The monoisotopic (exact) mass is 549 g/mol. The van der Waals surface area contributed by atoms with Crippen molar-refractivity contribution in [3.05, 3.63) is 52.3 Å². The Kier molecular flexibility index (Phi) is 7.28. The molecule has 1 N–H and O–H groups in total. The van der Waals surface area contributed by atoms with Crippen LogP contribution in [-0.2, 0) is 24.3 Å². The minimum absolute atomic E-state index is 0.0381. The summed E-state index contributed by atoms with van der Waals surface area (Å²) in [5, 5.41) is 1.97. The average Bonchev–Trinajstić information content (AvgIpc) is 3.24. The number of esters is 1. The lowest BCUT2D eigenvalue weighted by molar-refractivity contribution is -0.119. The number of hydrogen-bond donors (Lipinski definition) is 1. The summed E-state index contributed by atoms with van der Waals surface area (Å²) in [4.78, 5) is 27.9. The first-order valence-electron chi connectivity index (χ1n) is 9.86. The van der Waals surface area contributed by atoms with Crippen LogP contribution in [0.3, 0.4) is 0 Å². The van der Waals surface area contributed by atoms with Gasteiger partial charge in [0.05, 0.1) is 28.5 Å². The molecule has 35 heavy (non-hydrogen) atoms. The third kappa shape index (κ3) is 5.26. The van der Waals surface area contributed by atoms with Crippen molar-refractivity contribution in [3.63, 3.8) is 0 Å². The fraction of sp³-hybridized carbons (Fsp3) is 0.250. The summed E-state index contributed by atoms with van der Waals surface area (Å²) in [6, 6.07) is 4.25. The molecule has 2 aromatic carbocycles. The zero-order valence-corrected chi connectivity index (χ0v) is 19.9. The van der Waals surface area contributed by atoms with E-state index < -0.39 is 51.5 Å². The van der Waals surface area contributed by atoms with E-state index in [9.17, 15) is 31.2 Å². The van der Waals surface area contributed by atoms with E-state index >= 15 is 0 Å². The van der Waals surface area contributed by atoms with Gasteiger partial charge in [0.1, 0.15) is 10.4 Å². The van der Waals surface area contributed by atoms with E-state index in [1.54, 1.807) is 0 Å². The van der Waals surface area contributed by atoms with Gasteiger partial charge in [0.2, 0.25) is 10.0 Å². The van der Waals surface area contributed by atoms with Gasteiger partial charge in [0.25, 0.3) is 5.91 Å². The van der Waals surface area contributed by atoms with Crippen LogP contribution in [0.5, 0.6) is 0 Å². The molecule has 1 aliphatic rings. The van der Waals surface area contributed by atoms with Gasteiger partial charge >= 0.3 is 5.97 Å². The lowest BCUT2D eigenvalue weighted by Gasteiger charge is -2.26. The molecule has 0 bridgehead atoms. The van der Waals surface area contributed by atoms with Gasteiger partial charge in [-0.1, -0.05) is 22.9 Å². The normalized spacial score (nSPS) is 14.7. The van der Waals surface area contributed by atoms with Gasteiger partial charge in [-0.05, 0) is 24.3 Å². The van der Waals surface area contributed by atoms with Gasteiger partial charge in [0.15, 0.2) is 29.2 Å². The topological polar surface area (TPSA) is 115 Å². The molecule has 15 heteroatoms. The predicted molar refractivity (Wildman–Crippen MR) is 119 cm³/mol. The second-order valence-electron chi connectivity index (χ2n) is 7.14. The van der Waals surface area contributed by atoms with Crippen LogP contribution < -0.4 is 5.32 Å². The average molecular weight is 550 g/mol. The van der Waals surface area contributed by atoms with Crippen molar-refractivity contribution in [1.82, 2.24) is 9.29 Å². The number of amides is 1. The van der Waals surface area contributed by atoms with Crippen molar-refractivity contribution >= 4 is 60.2 Å². The molecular weight excluding hydrogens is 535 g/mol. The number of hydrogen-bond acceptors (Lipinski definition) is 8. The van der Waals surface area contributed by atoms with E-state index in [0.29, 0.717) is 11.3 Å². The van der Waals surface area contributed by atoms with Crippen LogP contribution in [0.2, 0.25) is 5.02 Å². The Balaban J connectivity index is 1.43. The fourth-order valence-corrected chi connectivity index (χ4v) is 5.96. The van der Waals surface area contributed by atoms with Gasteiger partial charge in [-0.15, -0.1) is 0 Å². The summed E-state index contributed by atoms with van der Waals surface area (Å²) >= 11 is 6.74. The summed E-state index contributed by atoms with van der Waals surface area (Å²) in [7, 11) is -4.00. The first-order valence-corrected chi connectivity index (χ1v) is 12.5.